The van der Waals surface area contributed by atoms with Crippen molar-refractivity contribution in [2.45, 2.75) is 25.7 Å². The molecule has 0 radical (unpaired) electrons. The fourth-order valence-corrected chi connectivity index (χ4v) is 3.95. The van der Waals surface area contributed by atoms with E-state index in [0.29, 0.717) is 5.89 Å². The Labute approximate surface area is 115 Å². The maximum absolute atomic E-state index is 6.19. The van der Waals surface area contributed by atoms with E-state index in [2.05, 4.69) is 4.98 Å². The number of hydrogen-bond acceptors (Lipinski definition) is 4. The normalized spacial score (nSPS) is 14.7. The average Bonchev–Trinajstić information content (AvgIpc) is 2.97. The number of nitrogens with two attached hydrogens (primary N) is 1. The van der Waals surface area contributed by atoms with E-state index in [4.69, 9.17) is 10.2 Å². The van der Waals surface area contributed by atoms with Crippen LogP contribution in [0, 0.1) is 0 Å². The summed E-state index contributed by atoms with van der Waals surface area (Å²) >= 11 is 1.70. The van der Waals surface area contributed by atoms with Crippen molar-refractivity contribution in [1.29, 1.82) is 0 Å². The molecule has 2 heterocycles. The molecule has 0 fully saturated rings. The SMILES string of the molecule is Nc1sc2c(c1-c1nc3ccccc3o1)CCCC2. The summed E-state index contributed by atoms with van der Waals surface area (Å²) in [5, 5.41) is 0.846. The molecule has 0 aliphatic heterocycles. The maximum atomic E-state index is 6.19. The van der Waals surface area contributed by atoms with Gasteiger partial charge in [0, 0.05) is 4.88 Å². The Balaban J connectivity index is 1.94. The third-order valence-corrected chi connectivity index (χ3v) is 4.83. The first-order valence-corrected chi connectivity index (χ1v) is 7.40. The Bertz CT molecular complexity index is 724. The number of anilines is 1. The molecule has 3 nitrogen and oxygen atoms in total. The predicted molar refractivity (Wildman–Crippen MR) is 78.4 cm³/mol. The van der Waals surface area contributed by atoms with Crippen LogP contribution >= 0.6 is 11.3 Å². The van der Waals surface area contributed by atoms with Crippen LogP contribution in [0.15, 0.2) is 28.7 Å². The van der Waals surface area contributed by atoms with Crippen molar-refractivity contribution in [3.63, 3.8) is 0 Å². The average molecular weight is 270 g/mol. The van der Waals surface area contributed by atoms with Crippen LogP contribution in [0.5, 0.6) is 0 Å². The Morgan fingerprint density at radius 3 is 2.89 bits per heavy atom. The zero-order chi connectivity index (χ0) is 12.8. The molecule has 0 atom stereocenters. The molecule has 0 unspecified atom stereocenters. The zero-order valence-corrected chi connectivity index (χ0v) is 11.3. The number of thiophene rings is 1. The van der Waals surface area contributed by atoms with Gasteiger partial charge < -0.3 is 10.2 Å². The van der Waals surface area contributed by atoms with Crippen molar-refractivity contribution in [2.24, 2.45) is 0 Å². The molecule has 1 aromatic carbocycles. The molecule has 3 aromatic rings. The van der Waals surface area contributed by atoms with Crippen LogP contribution in [-0.4, -0.2) is 4.98 Å². The van der Waals surface area contributed by atoms with Gasteiger partial charge in [-0.1, -0.05) is 12.1 Å². The van der Waals surface area contributed by atoms with Crippen LogP contribution in [0.1, 0.15) is 23.3 Å². The largest absolute Gasteiger partial charge is 0.436 e. The molecule has 2 N–H and O–H groups in total. The first-order valence-electron chi connectivity index (χ1n) is 6.59. The summed E-state index contributed by atoms with van der Waals surface area (Å²) in [4.78, 5) is 6.00. The molecule has 4 heteroatoms. The molecule has 96 valence electrons. The molecule has 1 aliphatic rings. The second kappa shape index (κ2) is 4.10. The summed E-state index contributed by atoms with van der Waals surface area (Å²) in [6.45, 7) is 0. The predicted octanol–water partition coefficient (Wildman–Crippen LogP) is 4.02. The van der Waals surface area contributed by atoms with Crippen molar-refractivity contribution >= 4 is 27.4 Å². The Morgan fingerprint density at radius 2 is 2.00 bits per heavy atom. The lowest BCUT2D eigenvalue weighted by molar-refractivity contribution is 0.617. The minimum atomic E-state index is 0.679. The fourth-order valence-electron chi connectivity index (χ4n) is 2.80. The highest BCUT2D eigenvalue weighted by atomic mass is 32.1. The fraction of sp³-hybridized carbons (Fsp3) is 0.267. The molecule has 2 aromatic heterocycles. The van der Waals surface area contributed by atoms with Crippen LogP contribution in [0.25, 0.3) is 22.6 Å². The van der Waals surface area contributed by atoms with Gasteiger partial charge >= 0.3 is 0 Å². The van der Waals surface area contributed by atoms with E-state index in [1.165, 1.54) is 23.3 Å². The van der Waals surface area contributed by atoms with Crippen LogP contribution in [0.2, 0.25) is 0 Å². The van der Waals surface area contributed by atoms with Gasteiger partial charge in [0.25, 0.3) is 0 Å². The molecule has 0 spiro atoms. The monoisotopic (exact) mass is 270 g/mol. The maximum Gasteiger partial charge on any atom is 0.230 e. The van der Waals surface area contributed by atoms with E-state index < -0.39 is 0 Å². The number of aryl methyl sites for hydroxylation is 1. The van der Waals surface area contributed by atoms with Crippen LogP contribution < -0.4 is 5.73 Å². The van der Waals surface area contributed by atoms with Gasteiger partial charge in [0.15, 0.2) is 5.58 Å². The van der Waals surface area contributed by atoms with Gasteiger partial charge in [-0.15, -0.1) is 11.3 Å². The first kappa shape index (κ1) is 11.1. The van der Waals surface area contributed by atoms with Gasteiger partial charge in [0.2, 0.25) is 5.89 Å². The van der Waals surface area contributed by atoms with Crippen LogP contribution in [-0.2, 0) is 12.8 Å². The lowest BCUT2D eigenvalue weighted by Crippen LogP contribution is -1.99. The number of oxazole rings is 1. The van der Waals surface area contributed by atoms with Crippen molar-refractivity contribution in [1.82, 2.24) is 4.98 Å². The van der Waals surface area contributed by atoms with Gasteiger partial charge in [-0.05, 0) is 43.4 Å². The summed E-state index contributed by atoms with van der Waals surface area (Å²) in [5.74, 6) is 0.679. The molecule has 0 bridgehead atoms. The van der Waals surface area contributed by atoms with Crippen LogP contribution in [0.4, 0.5) is 5.00 Å². The van der Waals surface area contributed by atoms with Gasteiger partial charge in [0.1, 0.15) is 5.52 Å². The summed E-state index contributed by atoms with van der Waals surface area (Å²) in [6.07, 6.45) is 4.73. The van der Waals surface area contributed by atoms with Crippen molar-refractivity contribution in [2.75, 3.05) is 5.73 Å². The number of nitrogen functional groups attached to an aromatic ring is 1. The van der Waals surface area contributed by atoms with E-state index >= 15 is 0 Å². The molecule has 0 saturated heterocycles. The zero-order valence-electron chi connectivity index (χ0n) is 10.5. The molecule has 1 aliphatic carbocycles. The number of rotatable bonds is 1. The first-order chi connectivity index (χ1) is 9.33. The van der Waals surface area contributed by atoms with Gasteiger partial charge in [0.05, 0.1) is 10.6 Å². The summed E-state index contributed by atoms with van der Waals surface area (Å²) < 4.78 is 5.87. The highest BCUT2D eigenvalue weighted by Crippen LogP contribution is 2.42. The number of aromatic nitrogens is 1. The number of hydrogen-bond donors (Lipinski definition) is 1. The van der Waals surface area contributed by atoms with Crippen molar-refractivity contribution in [3.8, 4) is 11.5 Å². The van der Waals surface area contributed by atoms with Crippen LogP contribution in [0.3, 0.4) is 0 Å². The van der Waals surface area contributed by atoms with Gasteiger partial charge in [-0.25, -0.2) is 4.98 Å². The Morgan fingerprint density at radius 1 is 1.16 bits per heavy atom. The molecular weight excluding hydrogens is 256 g/mol. The minimum absolute atomic E-state index is 0.679. The topological polar surface area (TPSA) is 52.0 Å². The third-order valence-electron chi connectivity index (χ3n) is 3.71. The molecule has 19 heavy (non-hydrogen) atoms. The van der Waals surface area contributed by atoms with Crippen molar-refractivity contribution < 1.29 is 4.42 Å². The Kier molecular flexibility index (Phi) is 2.38. The molecule has 0 amide bonds. The summed E-state index contributed by atoms with van der Waals surface area (Å²) in [5.41, 5.74) is 10.3. The van der Waals surface area contributed by atoms with E-state index in [9.17, 15) is 0 Å². The molecule has 4 rings (SSSR count). The van der Waals surface area contributed by atoms with Gasteiger partial charge in [-0.2, -0.15) is 0 Å². The lowest BCUT2D eigenvalue weighted by atomic mass is 9.95. The lowest BCUT2D eigenvalue weighted by Gasteiger charge is -2.10. The highest BCUT2D eigenvalue weighted by molar-refractivity contribution is 7.16. The second-order valence-electron chi connectivity index (χ2n) is 4.94. The molecule has 0 saturated carbocycles. The Hall–Kier alpha value is -1.81. The van der Waals surface area contributed by atoms with E-state index in [0.717, 1.165) is 34.5 Å². The quantitative estimate of drug-likeness (QED) is 0.726. The van der Waals surface area contributed by atoms with E-state index in [1.54, 1.807) is 11.3 Å². The third kappa shape index (κ3) is 1.67. The van der Waals surface area contributed by atoms with E-state index in [1.807, 2.05) is 24.3 Å². The number of fused-ring (bicyclic) bond motifs is 2. The number of para-hydroxylation sites is 2. The smallest absolute Gasteiger partial charge is 0.230 e. The highest BCUT2D eigenvalue weighted by Gasteiger charge is 2.23. The standard InChI is InChI=1S/C15H14N2OS/c16-14-13(9-5-1-4-8-12(9)19-14)15-17-10-6-2-3-7-11(10)18-15/h2-3,6-7H,1,4-5,8,16H2. The number of nitrogens with zero attached hydrogens (tertiary/aromatic N) is 1. The van der Waals surface area contributed by atoms with E-state index in [-0.39, 0.29) is 0 Å². The minimum Gasteiger partial charge on any atom is -0.436 e. The van der Waals surface area contributed by atoms with Gasteiger partial charge in [-0.3, -0.25) is 0 Å². The van der Waals surface area contributed by atoms with Crippen molar-refractivity contribution in [3.05, 3.63) is 34.7 Å². The summed E-state index contributed by atoms with van der Waals surface area (Å²) in [6, 6.07) is 7.85. The summed E-state index contributed by atoms with van der Waals surface area (Å²) in [7, 11) is 0. The number of benzene rings is 1. The molecular formula is C15H14N2OS. The second-order valence-corrected chi connectivity index (χ2v) is 6.07.